The molecule has 0 unspecified atom stereocenters. The second-order valence-corrected chi connectivity index (χ2v) is 6.65. The number of hydrogen-bond acceptors (Lipinski definition) is 2. The zero-order valence-corrected chi connectivity index (χ0v) is 14.2. The molecule has 1 aromatic carbocycles. The Hall–Kier alpha value is -2.57. The number of carbonyl (C=O) groups is 1. The molecule has 1 amide bonds. The smallest absolute Gasteiger partial charge is 0.347 e. The van der Waals surface area contributed by atoms with E-state index in [0.29, 0.717) is 5.92 Å². The molecule has 1 aliphatic rings. The van der Waals surface area contributed by atoms with Crippen molar-refractivity contribution in [2.45, 2.75) is 38.5 Å². The number of benzene rings is 1. The summed E-state index contributed by atoms with van der Waals surface area (Å²) < 4.78 is 39.3. The minimum atomic E-state index is -4.74. The topological polar surface area (TPSA) is 51.1 Å². The van der Waals surface area contributed by atoms with E-state index in [2.05, 4.69) is 5.32 Å². The third-order valence-corrected chi connectivity index (χ3v) is 4.49. The van der Waals surface area contributed by atoms with E-state index in [1.165, 1.54) is 6.20 Å². The standard InChI is InChI=1S/C19H19F3N2O2/c1-12-4-6-13(7-5-12)17(14-8-9-14)23-16(25)11-24-10-2-3-15(18(24)26)19(20,21)22/h2-7,10,14,17H,8-9,11H2,1H3,(H,23,25)/t17-/m1/s1. The van der Waals surface area contributed by atoms with Crippen LogP contribution >= 0.6 is 0 Å². The summed E-state index contributed by atoms with van der Waals surface area (Å²) in [6.07, 6.45) is -1.57. The van der Waals surface area contributed by atoms with E-state index < -0.39 is 29.8 Å². The third kappa shape index (κ3) is 4.15. The van der Waals surface area contributed by atoms with Crippen LogP contribution in [0.3, 0.4) is 0 Å². The van der Waals surface area contributed by atoms with Crippen molar-refractivity contribution in [2.75, 3.05) is 0 Å². The van der Waals surface area contributed by atoms with Gasteiger partial charge in [0.15, 0.2) is 0 Å². The maximum Gasteiger partial charge on any atom is 0.421 e. The second kappa shape index (κ2) is 6.97. The molecule has 1 aliphatic carbocycles. The van der Waals surface area contributed by atoms with Gasteiger partial charge < -0.3 is 9.88 Å². The van der Waals surface area contributed by atoms with Crippen molar-refractivity contribution >= 4 is 5.91 Å². The number of alkyl halides is 3. The Kier molecular flexibility index (Phi) is 4.89. The SMILES string of the molecule is Cc1ccc([C@@H](NC(=O)Cn2cccc(C(F)(F)F)c2=O)C2CC2)cc1. The minimum Gasteiger partial charge on any atom is -0.347 e. The summed E-state index contributed by atoms with van der Waals surface area (Å²) in [5.74, 6) is -0.163. The first-order valence-electron chi connectivity index (χ1n) is 8.38. The molecule has 1 aromatic heterocycles. The van der Waals surface area contributed by atoms with Gasteiger partial charge in [-0.1, -0.05) is 29.8 Å². The van der Waals surface area contributed by atoms with Crippen molar-refractivity contribution in [3.05, 3.63) is 69.6 Å². The van der Waals surface area contributed by atoms with Crippen LogP contribution in [0, 0.1) is 12.8 Å². The number of nitrogens with zero attached hydrogens (tertiary/aromatic N) is 1. The van der Waals surface area contributed by atoms with E-state index in [1.807, 2.05) is 31.2 Å². The molecule has 3 rings (SSSR count). The van der Waals surface area contributed by atoms with E-state index in [1.54, 1.807) is 0 Å². The molecule has 1 atom stereocenters. The molecule has 0 bridgehead atoms. The molecule has 7 heteroatoms. The Bertz CT molecular complexity index is 852. The van der Waals surface area contributed by atoms with Crippen molar-refractivity contribution in [3.8, 4) is 0 Å². The van der Waals surface area contributed by atoms with Crippen molar-refractivity contribution in [2.24, 2.45) is 5.92 Å². The molecular weight excluding hydrogens is 345 g/mol. The van der Waals surface area contributed by atoms with E-state index in [4.69, 9.17) is 0 Å². The molecule has 26 heavy (non-hydrogen) atoms. The predicted octanol–water partition coefficient (Wildman–Crippen LogP) is 3.44. The van der Waals surface area contributed by atoms with Crippen molar-refractivity contribution in [1.29, 1.82) is 0 Å². The molecule has 0 radical (unpaired) electrons. The quantitative estimate of drug-likeness (QED) is 0.884. The molecule has 1 N–H and O–H groups in total. The van der Waals surface area contributed by atoms with Crippen molar-refractivity contribution in [3.63, 3.8) is 0 Å². The summed E-state index contributed by atoms with van der Waals surface area (Å²) in [5.41, 5.74) is -0.425. The zero-order valence-electron chi connectivity index (χ0n) is 14.2. The average molecular weight is 364 g/mol. The third-order valence-electron chi connectivity index (χ3n) is 4.49. The largest absolute Gasteiger partial charge is 0.421 e. The van der Waals surface area contributed by atoms with E-state index in [9.17, 15) is 22.8 Å². The lowest BCUT2D eigenvalue weighted by Gasteiger charge is -2.19. The highest BCUT2D eigenvalue weighted by Crippen LogP contribution is 2.41. The molecule has 1 saturated carbocycles. The highest BCUT2D eigenvalue weighted by molar-refractivity contribution is 5.76. The lowest BCUT2D eigenvalue weighted by molar-refractivity contribution is -0.139. The van der Waals surface area contributed by atoms with Gasteiger partial charge in [-0.05, 0) is 43.4 Å². The summed E-state index contributed by atoms with van der Waals surface area (Å²) in [7, 11) is 0. The van der Waals surface area contributed by atoms with Gasteiger partial charge in [-0.15, -0.1) is 0 Å². The number of pyridine rings is 1. The number of hydrogen-bond donors (Lipinski definition) is 1. The molecule has 0 saturated heterocycles. The molecule has 1 fully saturated rings. The highest BCUT2D eigenvalue weighted by Gasteiger charge is 2.35. The number of amides is 1. The van der Waals surface area contributed by atoms with Crippen LogP contribution in [0.4, 0.5) is 13.2 Å². The monoisotopic (exact) mass is 364 g/mol. The zero-order chi connectivity index (χ0) is 18.9. The first-order valence-corrected chi connectivity index (χ1v) is 8.38. The molecular formula is C19H19F3N2O2. The minimum absolute atomic E-state index is 0.190. The fraction of sp³-hybridized carbons (Fsp3) is 0.368. The van der Waals surface area contributed by atoms with Gasteiger partial charge in [0, 0.05) is 6.20 Å². The van der Waals surface area contributed by atoms with E-state index >= 15 is 0 Å². The fourth-order valence-electron chi connectivity index (χ4n) is 2.93. The first kappa shape index (κ1) is 18.2. The van der Waals surface area contributed by atoms with Crippen LogP contribution in [0.1, 0.15) is 35.6 Å². The number of nitrogens with one attached hydrogen (secondary N) is 1. The highest BCUT2D eigenvalue weighted by atomic mass is 19.4. The first-order chi connectivity index (χ1) is 12.3. The predicted molar refractivity (Wildman–Crippen MR) is 90.5 cm³/mol. The molecule has 138 valence electrons. The number of aromatic nitrogens is 1. The lowest BCUT2D eigenvalue weighted by atomic mass is 10.0. The summed E-state index contributed by atoms with van der Waals surface area (Å²) in [6.45, 7) is 1.52. The normalized spacial score (nSPS) is 15.5. The second-order valence-electron chi connectivity index (χ2n) is 6.65. The molecule has 0 spiro atoms. The summed E-state index contributed by atoms with van der Waals surface area (Å²) >= 11 is 0. The Morgan fingerprint density at radius 2 is 1.88 bits per heavy atom. The van der Waals surface area contributed by atoms with Crippen LogP contribution in [0.15, 0.2) is 47.4 Å². The van der Waals surface area contributed by atoms with Gasteiger partial charge in [0.2, 0.25) is 5.91 Å². The Labute approximate surface area is 148 Å². The van der Waals surface area contributed by atoms with Gasteiger partial charge in [-0.2, -0.15) is 13.2 Å². The maximum absolute atomic E-state index is 12.8. The average Bonchev–Trinajstić information content (AvgIpc) is 3.39. The summed E-state index contributed by atoms with van der Waals surface area (Å²) in [5, 5.41) is 2.87. The molecule has 4 nitrogen and oxygen atoms in total. The van der Waals surface area contributed by atoms with Crippen molar-refractivity contribution < 1.29 is 18.0 Å². The maximum atomic E-state index is 12.8. The van der Waals surface area contributed by atoms with Gasteiger partial charge in [0.1, 0.15) is 12.1 Å². The number of halogens is 3. The number of carbonyl (C=O) groups excluding carboxylic acids is 1. The van der Waals surface area contributed by atoms with Gasteiger partial charge in [-0.3, -0.25) is 9.59 Å². The number of rotatable bonds is 5. The van der Waals surface area contributed by atoms with Crippen molar-refractivity contribution in [1.82, 2.24) is 9.88 Å². The van der Waals surface area contributed by atoms with E-state index in [-0.39, 0.29) is 6.04 Å². The Morgan fingerprint density at radius 1 is 1.23 bits per heavy atom. The van der Waals surface area contributed by atoms with Crippen LogP contribution in [0.25, 0.3) is 0 Å². The Balaban J connectivity index is 1.76. The van der Waals surface area contributed by atoms with Gasteiger partial charge in [0.25, 0.3) is 5.56 Å². The van der Waals surface area contributed by atoms with Crippen LogP contribution in [0.5, 0.6) is 0 Å². The van der Waals surface area contributed by atoms with Crippen LogP contribution in [-0.4, -0.2) is 10.5 Å². The van der Waals surface area contributed by atoms with Crippen LogP contribution in [0.2, 0.25) is 0 Å². The summed E-state index contributed by atoms with van der Waals surface area (Å²) in [4.78, 5) is 24.3. The summed E-state index contributed by atoms with van der Waals surface area (Å²) in [6, 6.07) is 9.43. The van der Waals surface area contributed by atoms with E-state index in [0.717, 1.165) is 40.7 Å². The lowest BCUT2D eigenvalue weighted by Crippen LogP contribution is -2.37. The fourth-order valence-corrected chi connectivity index (χ4v) is 2.93. The van der Waals surface area contributed by atoms with Crippen LogP contribution in [-0.2, 0) is 17.5 Å². The number of aryl methyl sites for hydroxylation is 1. The van der Waals surface area contributed by atoms with Crippen LogP contribution < -0.4 is 10.9 Å². The Morgan fingerprint density at radius 3 is 2.46 bits per heavy atom. The van der Waals surface area contributed by atoms with Gasteiger partial charge >= 0.3 is 6.18 Å². The molecule has 2 aromatic rings. The molecule has 1 heterocycles. The van der Waals surface area contributed by atoms with Gasteiger partial charge in [-0.25, -0.2) is 0 Å². The van der Waals surface area contributed by atoms with Gasteiger partial charge in [0.05, 0.1) is 6.04 Å². The molecule has 0 aliphatic heterocycles.